The van der Waals surface area contributed by atoms with Crippen LogP contribution in [-0.4, -0.2) is 25.0 Å². The maximum absolute atomic E-state index is 12.1. The summed E-state index contributed by atoms with van der Waals surface area (Å²) >= 11 is 0. The highest BCUT2D eigenvalue weighted by Gasteiger charge is 2.18. The SMILES string of the molecule is NC(=O)COc1ccc2c(-c3ccccc3)cc(=O)oc2c1OCC(N)=O. The van der Waals surface area contributed by atoms with Gasteiger partial charge >= 0.3 is 5.63 Å². The molecule has 27 heavy (non-hydrogen) atoms. The van der Waals surface area contributed by atoms with Crippen molar-refractivity contribution < 1.29 is 23.5 Å². The van der Waals surface area contributed by atoms with Gasteiger partial charge in [0, 0.05) is 11.5 Å². The van der Waals surface area contributed by atoms with E-state index in [1.54, 1.807) is 6.07 Å². The second-order valence-corrected chi connectivity index (χ2v) is 5.62. The van der Waals surface area contributed by atoms with Crippen molar-refractivity contribution >= 4 is 22.8 Å². The summed E-state index contributed by atoms with van der Waals surface area (Å²) in [7, 11) is 0. The lowest BCUT2D eigenvalue weighted by molar-refractivity contribution is -0.121. The minimum Gasteiger partial charge on any atom is -0.480 e. The zero-order chi connectivity index (χ0) is 19.4. The summed E-state index contributed by atoms with van der Waals surface area (Å²) in [4.78, 5) is 34.3. The number of hydrogen-bond donors (Lipinski definition) is 2. The van der Waals surface area contributed by atoms with E-state index in [-0.39, 0.29) is 17.1 Å². The number of carbonyl (C=O) groups excluding carboxylic acids is 2. The number of carbonyl (C=O) groups is 2. The summed E-state index contributed by atoms with van der Waals surface area (Å²) in [5.41, 5.74) is 11.1. The zero-order valence-electron chi connectivity index (χ0n) is 14.1. The third-order valence-corrected chi connectivity index (χ3v) is 3.64. The van der Waals surface area contributed by atoms with Crippen molar-refractivity contribution in [3.8, 4) is 22.6 Å². The van der Waals surface area contributed by atoms with Crippen molar-refractivity contribution in [3.05, 3.63) is 59.0 Å². The molecule has 0 atom stereocenters. The lowest BCUT2D eigenvalue weighted by atomic mass is 10.0. The van der Waals surface area contributed by atoms with Crippen LogP contribution >= 0.6 is 0 Å². The molecule has 0 aliphatic rings. The van der Waals surface area contributed by atoms with Crippen molar-refractivity contribution in [2.75, 3.05) is 13.2 Å². The van der Waals surface area contributed by atoms with Crippen LogP contribution < -0.4 is 26.6 Å². The molecule has 8 nitrogen and oxygen atoms in total. The largest absolute Gasteiger partial charge is 0.480 e. The van der Waals surface area contributed by atoms with E-state index in [9.17, 15) is 14.4 Å². The maximum Gasteiger partial charge on any atom is 0.336 e. The average molecular weight is 368 g/mol. The van der Waals surface area contributed by atoms with Gasteiger partial charge in [0.15, 0.2) is 24.5 Å². The molecule has 2 amide bonds. The van der Waals surface area contributed by atoms with Crippen molar-refractivity contribution in [2.45, 2.75) is 0 Å². The molecule has 138 valence electrons. The van der Waals surface area contributed by atoms with E-state index in [0.717, 1.165) is 5.56 Å². The fraction of sp³-hybridized carbons (Fsp3) is 0.105. The van der Waals surface area contributed by atoms with Crippen molar-refractivity contribution in [2.24, 2.45) is 11.5 Å². The third kappa shape index (κ3) is 4.06. The molecule has 3 rings (SSSR count). The van der Waals surface area contributed by atoms with Gasteiger partial charge in [-0.15, -0.1) is 0 Å². The number of rotatable bonds is 7. The molecule has 8 heteroatoms. The van der Waals surface area contributed by atoms with E-state index in [4.69, 9.17) is 25.4 Å². The van der Waals surface area contributed by atoms with Crippen LogP contribution in [0.5, 0.6) is 11.5 Å². The molecule has 0 aliphatic carbocycles. The second kappa shape index (κ2) is 7.61. The molecule has 0 saturated heterocycles. The summed E-state index contributed by atoms with van der Waals surface area (Å²) < 4.78 is 16.0. The van der Waals surface area contributed by atoms with Crippen LogP contribution in [0.3, 0.4) is 0 Å². The first-order chi connectivity index (χ1) is 13.0. The molecule has 0 radical (unpaired) electrons. The predicted molar refractivity (Wildman–Crippen MR) is 97.3 cm³/mol. The smallest absolute Gasteiger partial charge is 0.336 e. The van der Waals surface area contributed by atoms with Gasteiger partial charge in [-0.3, -0.25) is 9.59 Å². The molecular formula is C19H16N2O6. The van der Waals surface area contributed by atoms with Crippen molar-refractivity contribution in [1.29, 1.82) is 0 Å². The monoisotopic (exact) mass is 368 g/mol. The number of hydrogen-bond acceptors (Lipinski definition) is 6. The zero-order valence-corrected chi connectivity index (χ0v) is 14.1. The average Bonchev–Trinajstić information content (AvgIpc) is 2.64. The van der Waals surface area contributed by atoms with E-state index < -0.39 is 30.7 Å². The first-order valence-electron chi connectivity index (χ1n) is 7.94. The Hall–Kier alpha value is -3.81. The quantitative estimate of drug-likeness (QED) is 0.601. The molecule has 0 aliphatic heterocycles. The molecule has 0 fully saturated rings. The number of nitrogens with two attached hydrogens (primary N) is 2. The summed E-state index contributed by atoms with van der Waals surface area (Å²) in [5.74, 6) is -1.34. The van der Waals surface area contributed by atoms with Crippen LogP contribution in [-0.2, 0) is 9.59 Å². The Morgan fingerprint density at radius 2 is 1.59 bits per heavy atom. The normalized spacial score (nSPS) is 10.5. The summed E-state index contributed by atoms with van der Waals surface area (Å²) in [6.45, 7) is -0.883. The molecule has 1 heterocycles. The molecule has 2 aromatic carbocycles. The molecular weight excluding hydrogens is 352 g/mol. The fourth-order valence-corrected chi connectivity index (χ4v) is 2.58. The minimum atomic E-state index is -0.727. The van der Waals surface area contributed by atoms with Crippen LogP contribution in [0.2, 0.25) is 0 Å². The summed E-state index contributed by atoms with van der Waals surface area (Å²) in [6.07, 6.45) is 0. The highest BCUT2D eigenvalue weighted by Crippen LogP contribution is 2.39. The molecule has 0 unspecified atom stereocenters. The Morgan fingerprint density at radius 1 is 0.926 bits per heavy atom. The van der Waals surface area contributed by atoms with Gasteiger partial charge < -0.3 is 25.4 Å². The van der Waals surface area contributed by atoms with Crippen molar-refractivity contribution in [3.63, 3.8) is 0 Å². The number of benzene rings is 2. The van der Waals surface area contributed by atoms with Gasteiger partial charge in [-0.2, -0.15) is 0 Å². The van der Waals surface area contributed by atoms with Gasteiger partial charge in [-0.1, -0.05) is 30.3 Å². The Balaban J connectivity index is 2.21. The maximum atomic E-state index is 12.1. The fourth-order valence-electron chi connectivity index (χ4n) is 2.58. The van der Waals surface area contributed by atoms with Gasteiger partial charge in [0.05, 0.1) is 0 Å². The van der Waals surface area contributed by atoms with Gasteiger partial charge in [-0.25, -0.2) is 4.79 Å². The number of amides is 2. The van der Waals surface area contributed by atoms with E-state index in [1.165, 1.54) is 12.1 Å². The second-order valence-electron chi connectivity index (χ2n) is 5.62. The predicted octanol–water partition coefficient (Wildman–Crippen LogP) is 1.19. The van der Waals surface area contributed by atoms with Crippen LogP contribution in [0.4, 0.5) is 0 Å². The van der Waals surface area contributed by atoms with Gasteiger partial charge in [0.1, 0.15) is 0 Å². The van der Waals surface area contributed by atoms with Crippen LogP contribution in [0, 0.1) is 0 Å². The Morgan fingerprint density at radius 3 is 2.26 bits per heavy atom. The first-order valence-corrected chi connectivity index (χ1v) is 7.94. The van der Waals surface area contributed by atoms with Gasteiger partial charge in [0.2, 0.25) is 5.75 Å². The lowest BCUT2D eigenvalue weighted by Gasteiger charge is -2.14. The van der Waals surface area contributed by atoms with E-state index in [1.807, 2.05) is 30.3 Å². The third-order valence-electron chi connectivity index (χ3n) is 3.64. The summed E-state index contributed by atoms with van der Waals surface area (Å²) in [5, 5.41) is 0.562. The van der Waals surface area contributed by atoms with Crippen molar-refractivity contribution in [1.82, 2.24) is 0 Å². The Bertz CT molecular complexity index is 1060. The van der Waals surface area contributed by atoms with Gasteiger partial charge in [-0.05, 0) is 23.3 Å². The standard InChI is InChI=1S/C19H16N2O6/c20-15(22)9-25-14-7-6-12-13(11-4-2-1-3-5-11)8-17(24)27-18(12)19(14)26-10-16(21)23/h1-8H,9-10H2,(H2,20,22)(H2,21,23). The Kier molecular flexibility index (Phi) is 5.07. The molecule has 0 spiro atoms. The molecule has 3 aromatic rings. The highest BCUT2D eigenvalue weighted by atomic mass is 16.5. The lowest BCUT2D eigenvalue weighted by Crippen LogP contribution is -2.22. The van der Waals surface area contributed by atoms with Crippen LogP contribution in [0.1, 0.15) is 0 Å². The number of ether oxygens (including phenoxy) is 2. The molecule has 0 bridgehead atoms. The van der Waals surface area contributed by atoms with E-state index in [2.05, 4.69) is 0 Å². The summed E-state index contributed by atoms with van der Waals surface area (Å²) in [6, 6.07) is 13.8. The molecule has 4 N–H and O–H groups in total. The molecule has 1 aromatic heterocycles. The minimum absolute atomic E-state index is 0.0116. The van der Waals surface area contributed by atoms with E-state index in [0.29, 0.717) is 10.9 Å². The Labute approximate surface area is 153 Å². The molecule has 0 saturated carbocycles. The topological polar surface area (TPSA) is 135 Å². The van der Waals surface area contributed by atoms with Gasteiger partial charge in [0.25, 0.3) is 11.8 Å². The van der Waals surface area contributed by atoms with Crippen LogP contribution in [0.25, 0.3) is 22.1 Å². The number of fused-ring (bicyclic) bond motifs is 1. The van der Waals surface area contributed by atoms with E-state index >= 15 is 0 Å². The first kappa shape index (κ1) is 18.0. The van der Waals surface area contributed by atoms with Crippen LogP contribution in [0.15, 0.2) is 57.7 Å². The number of primary amides is 2. The highest BCUT2D eigenvalue weighted by molar-refractivity contribution is 5.97.